The number of benzene rings is 1. The van der Waals surface area contributed by atoms with Gasteiger partial charge in [-0.05, 0) is 56.4 Å². The van der Waals surface area contributed by atoms with Crippen LogP contribution < -0.4 is 10.5 Å². The van der Waals surface area contributed by atoms with E-state index in [4.69, 9.17) is 10.5 Å². The molecule has 1 aromatic rings. The number of methoxy groups -OCH3 is 1. The summed E-state index contributed by atoms with van der Waals surface area (Å²) in [6, 6.07) is 2.16. The smallest absolute Gasteiger partial charge is 0.124 e. The predicted octanol–water partition coefficient (Wildman–Crippen LogP) is 3.20. The van der Waals surface area contributed by atoms with Gasteiger partial charge in [-0.3, -0.25) is 0 Å². The minimum absolute atomic E-state index is 0.258. The Kier molecular flexibility index (Phi) is 3.64. The topological polar surface area (TPSA) is 35.2 Å². The zero-order valence-corrected chi connectivity index (χ0v) is 11.3. The summed E-state index contributed by atoms with van der Waals surface area (Å²) in [6.07, 6.45) is 0.930. The molecule has 0 bridgehead atoms. The van der Waals surface area contributed by atoms with E-state index in [9.17, 15) is 0 Å². The van der Waals surface area contributed by atoms with Gasteiger partial charge >= 0.3 is 0 Å². The van der Waals surface area contributed by atoms with E-state index in [1.807, 2.05) is 0 Å². The molecule has 2 heteroatoms. The van der Waals surface area contributed by atoms with Crippen molar-refractivity contribution >= 4 is 0 Å². The Labute approximate surface area is 98.8 Å². The average Bonchev–Trinajstić information content (AvgIpc) is 2.24. The molecule has 2 N–H and O–H groups in total. The Morgan fingerprint density at radius 2 is 1.81 bits per heavy atom. The quantitative estimate of drug-likeness (QED) is 0.850. The van der Waals surface area contributed by atoms with Crippen LogP contribution in [-0.4, -0.2) is 7.11 Å². The van der Waals surface area contributed by atoms with Crippen molar-refractivity contribution in [2.24, 2.45) is 5.73 Å². The maximum Gasteiger partial charge on any atom is 0.124 e. The van der Waals surface area contributed by atoms with E-state index in [2.05, 4.69) is 40.7 Å². The molecule has 0 amide bonds. The van der Waals surface area contributed by atoms with E-state index >= 15 is 0 Å². The Bertz CT molecular complexity index is 394. The van der Waals surface area contributed by atoms with Crippen molar-refractivity contribution in [3.63, 3.8) is 0 Å². The predicted molar refractivity (Wildman–Crippen MR) is 69.0 cm³/mol. The third-order valence-corrected chi connectivity index (χ3v) is 3.58. The number of nitrogens with two attached hydrogens (primary N) is 1. The number of hydrogen-bond acceptors (Lipinski definition) is 2. The third kappa shape index (κ3) is 2.07. The molecule has 1 atom stereocenters. The van der Waals surface area contributed by atoms with Gasteiger partial charge in [-0.1, -0.05) is 13.0 Å². The van der Waals surface area contributed by atoms with Gasteiger partial charge in [0, 0.05) is 5.54 Å². The van der Waals surface area contributed by atoms with E-state index in [0.717, 1.165) is 17.7 Å². The minimum atomic E-state index is -0.258. The number of rotatable bonds is 3. The largest absolute Gasteiger partial charge is 0.496 e. The molecule has 1 unspecified atom stereocenters. The molecule has 0 saturated heterocycles. The third-order valence-electron chi connectivity index (χ3n) is 3.58. The first-order chi connectivity index (χ1) is 7.35. The van der Waals surface area contributed by atoms with Crippen molar-refractivity contribution in [2.75, 3.05) is 7.11 Å². The highest BCUT2D eigenvalue weighted by atomic mass is 16.5. The molecule has 0 aliphatic carbocycles. The van der Waals surface area contributed by atoms with Crippen LogP contribution in [0.15, 0.2) is 6.07 Å². The van der Waals surface area contributed by atoms with Crippen LogP contribution in [0.5, 0.6) is 5.75 Å². The summed E-state index contributed by atoms with van der Waals surface area (Å²) >= 11 is 0. The molecule has 0 heterocycles. The maximum absolute atomic E-state index is 6.33. The van der Waals surface area contributed by atoms with Crippen molar-refractivity contribution < 1.29 is 4.74 Å². The van der Waals surface area contributed by atoms with Crippen LogP contribution in [0.1, 0.15) is 42.5 Å². The fourth-order valence-electron chi connectivity index (χ4n) is 2.16. The second-order valence-corrected chi connectivity index (χ2v) is 4.80. The Hall–Kier alpha value is -1.02. The molecule has 0 aliphatic heterocycles. The van der Waals surface area contributed by atoms with Gasteiger partial charge in [0.2, 0.25) is 0 Å². The first-order valence-electron chi connectivity index (χ1n) is 5.79. The fourth-order valence-corrected chi connectivity index (χ4v) is 2.16. The van der Waals surface area contributed by atoms with Gasteiger partial charge in [-0.25, -0.2) is 0 Å². The van der Waals surface area contributed by atoms with Crippen LogP contribution in [0.2, 0.25) is 0 Å². The van der Waals surface area contributed by atoms with E-state index in [1.54, 1.807) is 7.11 Å². The van der Waals surface area contributed by atoms with Gasteiger partial charge in [-0.2, -0.15) is 0 Å². The molecule has 0 radical (unpaired) electrons. The molecule has 0 aliphatic rings. The van der Waals surface area contributed by atoms with E-state index < -0.39 is 0 Å². The monoisotopic (exact) mass is 221 g/mol. The first-order valence-corrected chi connectivity index (χ1v) is 5.79. The second-order valence-electron chi connectivity index (χ2n) is 4.80. The lowest BCUT2D eigenvalue weighted by molar-refractivity contribution is 0.406. The highest BCUT2D eigenvalue weighted by molar-refractivity contribution is 5.50. The summed E-state index contributed by atoms with van der Waals surface area (Å²) in [5.74, 6) is 0.980. The lowest BCUT2D eigenvalue weighted by Crippen LogP contribution is -2.33. The van der Waals surface area contributed by atoms with Crippen LogP contribution >= 0.6 is 0 Å². The van der Waals surface area contributed by atoms with E-state index in [-0.39, 0.29) is 5.54 Å². The minimum Gasteiger partial charge on any atom is -0.496 e. The van der Waals surface area contributed by atoms with Gasteiger partial charge < -0.3 is 10.5 Å². The second kappa shape index (κ2) is 4.46. The van der Waals surface area contributed by atoms with E-state index in [0.29, 0.717) is 0 Å². The Morgan fingerprint density at radius 3 is 2.25 bits per heavy atom. The molecular weight excluding hydrogens is 198 g/mol. The maximum atomic E-state index is 6.33. The zero-order chi connectivity index (χ0) is 12.5. The van der Waals surface area contributed by atoms with Crippen molar-refractivity contribution in [1.82, 2.24) is 0 Å². The first kappa shape index (κ1) is 13.0. The van der Waals surface area contributed by atoms with Crippen LogP contribution in [0.4, 0.5) is 0 Å². The molecular formula is C14H23NO. The van der Waals surface area contributed by atoms with Gasteiger partial charge in [0.05, 0.1) is 7.11 Å². The van der Waals surface area contributed by atoms with Crippen LogP contribution in [-0.2, 0) is 5.54 Å². The van der Waals surface area contributed by atoms with Crippen LogP contribution in [0.25, 0.3) is 0 Å². The highest BCUT2D eigenvalue weighted by Gasteiger charge is 2.23. The van der Waals surface area contributed by atoms with Gasteiger partial charge in [0.25, 0.3) is 0 Å². The van der Waals surface area contributed by atoms with Crippen LogP contribution in [0.3, 0.4) is 0 Å². The van der Waals surface area contributed by atoms with Crippen molar-refractivity contribution in [3.05, 3.63) is 28.3 Å². The molecule has 1 aromatic carbocycles. The Balaban J connectivity index is 3.45. The molecule has 0 fully saturated rings. The highest BCUT2D eigenvalue weighted by Crippen LogP contribution is 2.34. The van der Waals surface area contributed by atoms with Crippen molar-refractivity contribution in [1.29, 1.82) is 0 Å². The summed E-state index contributed by atoms with van der Waals surface area (Å²) in [6.45, 7) is 10.5. The summed E-state index contributed by atoms with van der Waals surface area (Å²) < 4.78 is 5.42. The summed E-state index contributed by atoms with van der Waals surface area (Å²) in [4.78, 5) is 0. The number of ether oxygens (including phenoxy) is 1. The lowest BCUT2D eigenvalue weighted by Gasteiger charge is -2.28. The normalized spacial score (nSPS) is 14.7. The SMILES string of the molecule is CCC(C)(N)c1cc(C)c(OC)c(C)c1C. The van der Waals surface area contributed by atoms with Gasteiger partial charge in [0.1, 0.15) is 5.75 Å². The van der Waals surface area contributed by atoms with E-state index in [1.165, 1.54) is 16.7 Å². The van der Waals surface area contributed by atoms with Crippen LogP contribution in [0, 0.1) is 20.8 Å². The molecule has 2 nitrogen and oxygen atoms in total. The average molecular weight is 221 g/mol. The van der Waals surface area contributed by atoms with Crippen molar-refractivity contribution in [3.8, 4) is 5.75 Å². The molecule has 90 valence electrons. The summed E-state index contributed by atoms with van der Waals surface area (Å²) in [5, 5.41) is 0. The molecule has 16 heavy (non-hydrogen) atoms. The number of hydrogen-bond donors (Lipinski definition) is 1. The number of aryl methyl sites for hydroxylation is 1. The Morgan fingerprint density at radius 1 is 1.25 bits per heavy atom. The molecule has 0 aromatic heterocycles. The molecule has 0 spiro atoms. The summed E-state index contributed by atoms with van der Waals surface area (Å²) in [7, 11) is 1.72. The van der Waals surface area contributed by atoms with Gasteiger partial charge in [-0.15, -0.1) is 0 Å². The standard InChI is InChI=1S/C14H23NO/c1-7-14(5,15)12-8-9(2)13(16-6)11(4)10(12)3/h8H,7,15H2,1-6H3. The fraction of sp³-hybridized carbons (Fsp3) is 0.571. The lowest BCUT2D eigenvalue weighted by atomic mass is 9.84. The zero-order valence-electron chi connectivity index (χ0n) is 11.3. The van der Waals surface area contributed by atoms with Gasteiger partial charge in [0.15, 0.2) is 0 Å². The molecule has 1 rings (SSSR count). The molecule has 0 saturated carbocycles. The van der Waals surface area contributed by atoms with Crippen molar-refractivity contribution in [2.45, 2.75) is 46.6 Å². The summed E-state index contributed by atoms with van der Waals surface area (Å²) in [5.41, 5.74) is 10.9.